The first-order valence-electron chi connectivity index (χ1n) is 6.88. The van der Waals surface area contributed by atoms with Crippen LogP contribution in [0.15, 0.2) is 0 Å². The molecule has 3 nitrogen and oxygen atoms in total. The normalized spacial score (nSPS) is 32.6. The van der Waals surface area contributed by atoms with E-state index < -0.39 is 0 Å². The average molecular weight is 226 g/mol. The van der Waals surface area contributed by atoms with Gasteiger partial charge in [-0.3, -0.25) is 0 Å². The first-order chi connectivity index (χ1) is 7.83. The van der Waals surface area contributed by atoms with E-state index in [4.69, 9.17) is 10.5 Å². The molecule has 16 heavy (non-hydrogen) atoms. The molecule has 3 N–H and O–H groups in total. The van der Waals surface area contributed by atoms with Crippen molar-refractivity contribution in [2.24, 2.45) is 11.1 Å². The summed E-state index contributed by atoms with van der Waals surface area (Å²) in [7, 11) is 0. The van der Waals surface area contributed by atoms with Gasteiger partial charge in [0.15, 0.2) is 0 Å². The third-order valence-corrected chi connectivity index (χ3v) is 4.47. The number of nitrogens with one attached hydrogen (secondary N) is 1. The van der Waals surface area contributed by atoms with E-state index in [9.17, 15) is 0 Å². The van der Waals surface area contributed by atoms with Crippen LogP contribution < -0.4 is 11.1 Å². The monoisotopic (exact) mass is 226 g/mol. The first kappa shape index (κ1) is 12.3. The zero-order valence-electron chi connectivity index (χ0n) is 10.5. The summed E-state index contributed by atoms with van der Waals surface area (Å²) < 4.78 is 5.91. The van der Waals surface area contributed by atoms with Gasteiger partial charge in [0.05, 0.1) is 6.10 Å². The molecule has 2 unspecified atom stereocenters. The van der Waals surface area contributed by atoms with E-state index in [1.165, 1.54) is 38.5 Å². The molecule has 2 rings (SSSR count). The van der Waals surface area contributed by atoms with Gasteiger partial charge in [-0.2, -0.15) is 0 Å². The van der Waals surface area contributed by atoms with Crippen molar-refractivity contribution in [3.05, 3.63) is 0 Å². The largest absolute Gasteiger partial charge is 0.378 e. The maximum atomic E-state index is 5.91. The summed E-state index contributed by atoms with van der Waals surface area (Å²) in [6.45, 7) is 4.66. The van der Waals surface area contributed by atoms with Crippen molar-refractivity contribution in [2.45, 2.75) is 57.6 Å². The fourth-order valence-electron chi connectivity index (χ4n) is 3.61. The van der Waals surface area contributed by atoms with Crippen molar-refractivity contribution < 1.29 is 4.74 Å². The SMILES string of the molecule is CCOC1CC(NCCN)C12CCCCC2. The molecule has 1 spiro atoms. The van der Waals surface area contributed by atoms with E-state index in [2.05, 4.69) is 12.2 Å². The van der Waals surface area contributed by atoms with Crippen LogP contribution in [0.5, 0.6) is 0 Å². The molecule has 0 heterocycles. The molecule has 0 aliphatic heterocycles. The van der Waals surface area contributed by atoms with Gasteiger partial charge in [0.2, 0.25) is 0 Å². The average Bonchev–Trinajstić information content (AvgIpc) is 2.34. The molecule has 0 amide bonds. The van der Waals surface area contributed by atoms with E-state index in [0.29, 0.717) is 17.6 Å². The van der Waals surface area contributed by atoms with Gasteiger partial charge < -0.3 is 15.8 Å². The lowest BCUT2D eigenvalue weighted by Gasteiger charge is -2.58. The van der Waals surface area contributed by atoms with E-state index in [-0.39, 0.29) is 0 Å². The van der Waals surface area contributed by atoms with Gasteiger partial charge in [0.25, 0.3) is 0 Å². The van der Waals surface area contributed by atoms with Crippen LogP contribution in [0.1, 0.15) is 45.4 Å². The summed E-state index contributed by atoms with van der Waals surface area (Å²) >= 11 is 0. The van der Waals surface area contributed by atoms with Crippen LogP contribution >= 0.6 is 0 Å². The van der Waals surface area contributed by atoms with Crippen molar-refractivity contribution in [1.82, 2.24) is 5.32 Å². The Balaban J connectivity index is 1.94. The predicted octanol–water partition coefficient (Wildman–Crippen LogP) is 1.66. The van der Waals surface area contributed by atoms with Crippen LogP contribution in [0.2, 0.25) is 0 Å². The summed E-state index contributed by atoms with van der Waals surface area (Å²) in [6.07, 6.45) is 8.56. The second-order valence-electron chi connectivity index (χ2n) is 5.27. The van der Waals surface area contributed by atoms with E-state index in [1.54, 1.807) is 0 Å². The fourth-order valence-corrected chi connectivity index (χ4v) is 3.61. The van der Waals surface area contributed by atoms with Crippen molar-refractivity contribution >= 4 is 0 Å². The molecular formula is C13H26N2O. The Morgan fingerprint density at radius 3 is 2.69 bits per heavy atom. The van der Waals surface area contributed by atoms with Gasteiger partial charge in [0, 0.05) is 31.2 Å². The third-order valence-electron chi connectivity index (χ3n) is 4.47. The Morgan fingerprint density at radius 2 is 2.06 bits per heavy atom. The molecule has 0 saturated heterocycles. The topological polar surface area (TPSA) is 47.3 Å². The highest BCUT2D eigenvalue weighted by Gasteiger charge is 2.55. The molecule has 0 aromatic carbocycles. The second kappa shape index (κ2) is 5.48. The van der Waals surface area contributed by atoms with Crippen LogP contribution in [0.3, 0.4) is 0 Å². The van der Waals surface area contributed by atoms with Crippen LogP contribution in [-0.2, 0) is 4.74 Å². The standard InChI is InChI=1S/C13H26N2O/c1-2-16-12-10-11(15-9-8-14)13(12)6-4-3-5-7-13/h11-12,15H,2-10,14H2,1H3. The van der Waals surface area contributed by atoms with Crippen molar-refractivity contribution in [3.8, 4) is 0 Å². The molecule has 94 valence electrons. The summed E-state index contributed by atoms with van der Waals surface area (Å²) in [5, 5.41) is 3.61. The highest BCUT2D eigenvalue weighted by molar-refractivity contribution is 5.08. The zero-order valence-corrected chi connectivity index (χ0v) is 10.5. The van der Waals surface area contributed by atoms with Crippen molar-refractivity contribution in [1.29, 1.82) is 0 Å². The van der Waals surface area contributed by atoms with Gasteiger partial charge in [-0.15, -0.1) is 0 Å². The molecule has 2 saturated carbocycles. The molecule has 2 fully saturated rings. The fraction of sp³-hybridized carbons (Fsp3) is 1.00. The Kier molecular flexibility index (Phi) is 4.22. The van der Waals surface area contributed by atoms with Gasteiger partial charge in [-0.1, -0.05) is 19.3 Å². The number of rotatable bonds is 5. The molecule has 0 bridgehead atoms. The van der Waals surface area contributed by atoms with Crippen LogP contribution in [0.25, 0.3) is 0 Å². The number of nitrogens with two attached hydrogens (primary N) is 1. The smallest absolute Gasteiger partial charge is 0.0661 e. The van der Waals surface area contributed by atoms with E-state index >= 15 is 0 Å². The van der Waals surface area contributed by atoms with Crippen LogP contribution in [-0.4, -0.2) is 31.8 Å². The Bertz CT molecular complexity index is 214. The highest BCUT2D eigenvalue weighted by Crippen LogP contribution is 2.53. The molecule has 0 aromatic rings. The molecule has 0 radical (unpaired) electrons. The Hall–Kier alpha value is -0.120. The molecule has 2 aliphatic carbocycles. The van der Waals surface area contributed by atoms with E-state index in [1.807, 2.05) is 0 Å². The van der Waals surface area contributed by atoms with Gasteiger partial charge in [-0.05, 0) is 26.2 Å². The minimum absolute atomic E-state index is 0.448. The molecule has 2 atom stereocenters. The molecule has 3 heteroatoms. The number of hydrogen-bond donors (Lipinski definition) is 2. The third kappa shape index (κ3) is 2.13. The van der Waals surface area contributed by atoms with Crippen LogP contribution in [0, 0.1) is 5.41 Å². The zero-order chi connectivity index (χ0) is 11.4. The van der Waals surface area contributed by atoms with Gasteiger partial charge in [0.1, 0.15) is 0 Å². The van der Waals surface area contributed by atoms with Crippen LogP contribution in [0.4, 0.5) is 0 Å². The summed E-state index contributed by atoms with van der Waals surface area (Å²) in [6, 6.07) is 0.660. The lowest BCUT2D eigenvalue weighted by molar-refractivity contribution is -0.149. The Morgan fingerprint density at radius 1 is 1.31 bits per heavy atom. The maximum absolute atomic E-state index is 5.91. The minimum atomic E-state index is 0.448. The van der Waals surface area contributed by atoms with E-state index in [0.717, 1.165) is 19.7 Å². The quantitative estimate of drug-likeness (QED) is 0.749. The Labute approximate surface area is 99.1 Å². The van der Waals surface area contributed by atoms with Gasteiger partial charge >= 0.3 is 0 Å². The summed E-state index contributed by atoms with van der Waals surface area (Å²) in [5.41, 5.74) is 6.02. The summed E-state index contributed by atoms with van der Waals surface area (Å²) in [4.78, 5) is 0. The van der Waals surface area contributed by atoms with Gasteiger partial charge in [-0.25, -0.2) is 0 Å². The highest BCUT2D eigenvalue weighted by atomic mass is 16.5. The minimum Gasteiger partial charge on any atom is -0.378 e. The lowest BCUT2D eigenvalue weighted by Crippen LogP contribution is -2.64. The predicted molar refractivity (Wildman–Crippen MR) is 66.4 cm³/mol. The lowest BCUT2D eigenvalue weighted by atomic mass is 9.55. The number of ether oxygens (including phenoxy) is 1. The first-order valence-corrected chi connectivity index (χ1v) is 6.88. The molecule has 0 aromatic heterocycles. The number of hydrogen-bond acceptors (Lipinski definition) is 3. The summed E-state index contributed by atoms with van der Waals surface area (Å²) in [5.74, 6) is 0. The second-order valence-corrected chi connectivity index (χ2v) is 5.27. The molecular weight excluding hydrogens is 200 g/mol. The maximum Gasteiger partial charge on any atom is 0.0661 e. The van der Waals surface area contributed by atoms with Crippen molar-refractivity contribution in [2.75, 3.05) is 19.7 Å². The molecule has 2 aliphatic rings. The van der Waals surface area contributed by atoms with Crippen molar-refractivity contribution in [3.63, 3.8) is 0 Å².